The lowest BCUT2D eigenvalue weighted by atomic mass is 9.85. The highest BCUT2D eigenvalue weighted by atomic mass is 16.3. The first-order valence-corrected chi connectivity index (χ1v) is 6.27. The average Bonchev–Trinajstić information content (AvgIpc) is 2.90. The maximum absolute atomic E-state index is 11.6. The van der Waals surface area contributed by atoms with E-state index in [0.717, 1.165) is 12.8 Å². The van der Waals surface area contributed by atoms with E-state index in [1.807, 2.05) is 0 Å². The summed E-state index contributed by atoms with van der Waals surface area (Å²) in [6.07, 6.45) is 6.81. The molecule has 1 saturated carbocycles. The van der Waals surface area contributed by atoms with Crippen molar-refractivity contribution < 1.29 is 14.3 Å². The van der Waals surface area contributed by atoms with Crippen molar-refractivity contribution >= 4 is 5.91 Å². The van der Waals surface area contributed by atoms with Gasteiger partial charge in [-0.2, -0.15) is 0 Å². The van der Waals surface area contributed by atoms with Crippen molar-refractivity contribution in [3.05, 3.63) is 24.2 Å². The average molecular weight is 237 g/mol. The molecule has 0 spiro atoms. The molecule has 1 atom stereocenters. The maximum Gasteiger partial charge on any atom is 0.287 e. The first-order chi connectivity index (χ1) is 8.27. The summed E-state index contributed by atoms with van der Waals surface area (Å²) in [5.41, 5.74) is 0. The van der Waals surface area contributed by atoms with Crippen molar-refractivity contribution in [1.82, 2.24) is 5.32 Å². The van der Waals surface area contributed by atoms with Gasteiger partial charge < -0.3 is 14.8 Å². The number of furan rings is 1. The van der Waals surface area contributed by atoms with Gasteiger partial charge in [-0.3, -0.25) is 4.79 Å². The standard InChI is InChI=1S/C13H19NO3/c15-11(10-5-2-1-3-6-10)9-14-13(16)12-7-4-8-17-12/h4,7-8,10-11,15H,1-3,5-6,9H2,(H,14,16)/t11-/m0/s1. The number of hydrogen-bond acceptors (Lipinski definition) is 3. The third-order valence-electron chi connectivity index (χ3n) is 3.41. The molecule has 17 heavy (non-hydrogen) atoms. The number of rotatable bonds is 4. The van der Waals surface area contributed by atoms with E-state index in [1.54, 1.807) is 12.1 Å². The van der Waals surface area contributed by atoms with Crippen LogP contribution in [0.5, 0.6) is 0 Å². The number of carbonyl (C=O) groups is 1. The van der Waals surface area contributed by atoms with Crippen molar-refractivity contribution in [2.45, 2.75) is 38.2 Å². The fourth-order valence-electron chi connectivity index (χ4n) is 2.38. The van der Waals surface area contributed by atoms with Crippen LogP contribution >= 0.6 is 0 Å². The second-order valence-corrected chi connectivity index (χ2v) is 4.65. The molecule has 2 N–H and O–H groups in total. The van der Waals surface area contributed by atoms with E-state index in [9.17, 15) is 9.90 Å². The molecule has 0 aliphatic heterocycles. The zero-order chi connectivity index (χ0) is 12.1. The van der Waals surface area contributed by atoms with Gasteiger partial charge in [-0.25, -0.2) is 0 Å². The van der Waals surface area contributed by atoms with E-state index in [1.165, 1.54) is 25.5 Å². The number of carbonyl (C=O) groups excluding carboxylic acids is 1. The summed E-state index contributed by atoms with van der Waals surface area (Å²) in [4.78, 5) is 11.6. The number of nitrogens with one attached hydrogen (secondary N) is 1. The molecule has 0 aromatic carbocycles. The minimum Gasteiger partial charge on any atom is -0.459 e. The van der Waals surface area contributed by atoms with Gasteiger partial charge in [-0.05, 0) is 30.9 Å². The largest absolute Gasteiger partial charge is 0.459 e. The highest BCUT2D eigenvalue weighted by Gasteiger charge is 2.22. The molecule has 2 rings (SSSR count). The molecule has 1 aliphatic rings. The van der Waals surface area contributed by atoms with Crippen LogP contribution in [-0.2, 0) is 0 Å². The molecule has 1 heterocycles. The first kappa shape index (κ1) is 12.2. The molecule has 1 aromatic heterocycles. The van der Waals surface area contributed by atoms with Gasteiger partial charge in [0.25, 0.3) is 5.91 Å². The first-order valence-electron chi connectivity index (χ1n) is 6.27. The van der Waals surface area contributed by atoms with Crippen molar-refractivity contribution in [3.63, 3.8) is 0 Å². The predicted octanol–water partition coefficient (Wildman–Crippen LogP) is 1.95. The van der Waals surface area contributed by atoms with Gasteiger partial charge in [0, 0.05) is 6.54 Å². The zero-order valence-corrected chi connectivity index (χ0v) is 9.89. The van der Waals surface area contributed by atoms with Crippen LogP contribution in [-0.4, -0.2) is 23.7 Å². The van der Waals surface area contributed by atoms with Crippen LogP contribution in [0.25, 0.3) is 0 Å². The predicted molar refractivity (Wildman–Crippen MR) is 63.6 cm³/mol. The monoisotopic (exact) mass is 237 g/mol. The van der Waals surface area contributed by atoms with Gasteiger partial charge in [0.05, 0.1) is 12.4 Å². The van der Waals surface area contributed by atoms with Crippen LogP contribution in [0.1, 0.15) is 42.7 Å². The van der Waals surface area contributed by atoms with Crippen LogP contribution < -0.4 is 5.32 Å². The fraction of sp³-hybridized carbons (Fsp3) is 0.615. The van der Waals surface area contributed by atoms with Gasteiger partial charge >= 0.3 is 0 Å². The van der Waals surface area contributed by atoms with Gasteiger partial charge in [0.15, 0.2) is 5.76 Å². The molecule has 1 aromatic rings. The van der Waals surface area contributed by atoms with Crippen LogP contribution in [0.3, 0.4) is 0 Å². The minimum atomic E-state index is -0.436. The van der Waals surface area contributed by atoms with Crippen molar-refractivity contribution in [1.29, 1.82) is 0 Å². The Labute approximate surface area is 101 Å². The van der Waals surface area contributed by atoms with Crippen LogP contribution in [0.4, 0.5) is 0 Å². The second-order valence-electron chi connectivity index (χ2n) is 4.65. The topological polar surface area (TPSA) is 62.5 Å². The van der Waals surface area contributed by atoms with Crippen molar-refractivity contribution in [3.8, 4) is 0 Å². The number of aliphatic hydroxyl groups is 1. The molecular weight excluding hydrogens is 218 g/mol. The van der Waals surface area contributed by atoms with E-state index in [2.05, 4.69) is 5.32 Å². The minimum absolute atomic E-state index is 0.259. The molecule has 0 unspecified atom stereocenters. The number of aliphatic hydroxyl groups excluding tert-OH is 1. The third-order valence-corrected chi connectivity index (χ3v) is 3.41. The van der Waals surface area contributed by atoms with E-state index in [4.69, 9.17) is 4.42 Å². The summed E-state index contributed by atoms with van der Waals surface area (Å²) >= 11 is 0. The molecule has 94 valence electrons. The van der Waals surface area contributed by atoms with E-state index in [-0.39, 0.29) is 5.91 Å². The summed E-state index contributed by atoms with van der Waals surface area (Å²) in [6, 6.07) is 3.29. The number of amides is 1. The fourth-order valence-corrected chi connectivity index (χ4v) is 2.38. The normalized spacial score (nSPS) is 18.9. The van der Waals surface area contributed by atoms with Gasteiger partial charge in [-0.15, -0.1) is 0 Å². The Bertz CT molecular complexity index is 342. The van der Waals surface area contributed by atoms with Gasteiger partial charge in [0.1, 0.15) is 0 Å². The molecule has 4 nitrogen and oxygen atoms in total. The highest BCUT2D eigenvalue weighted by Crippen LogP contribution is 2.26. The molecular formula is C13H19NO3. The smallest absolute Gasteiger partial charge is 0.287 e. The van der Waals surface area contributed by atoms with Gasteiger partial charge in [-0.1, -0.05) is 19.3 Å². The molecule has 0 bridgehead atoms. The van der Waals surface area contributed by atoms with Gasteiger partial charge in [0.2, 0.25) is 0 Å². The summed E-state index contributed by atoms with van der Waals surface area (Å²) in [5.74, 6) is 0.367. The lowest BCUT2D eigenvalue weighted by Crippen LogP contribution is -2.36. The second kappa shape index (κ2) is 5.87. The highest BCUT2D eigenvalue weighted by molar-refractivity contribution is 5.91. The van der Waals surface area contributed by atoms with Crippen LogP contribution in [0, 0.1) is 5.92 Å². The maximum atomic E-state index is 11.6. The Morgan fingerprint density at radius 3 is 2.88 bits per heavy atom. The zero-order valence-electron chi connectivity index (χ0n) is 9.89. The Hall–Kier alpha value is -1.29. The van der Waals surface area contributed by atoms with E-state index >= 15 is 0 Å². The van der Waals surface area contributed by atoms with Crippen molar-refractivity contribution in [2.75, 3.05) is 6.54 Å². The lowest BCUT2D eigenvalue weighted by Gasteiger charge is -2.26. The Balaban J connectivity index is 1.75. The molecule has 0 saturated heterocycles. The van der Waals surface area contributed by atoms with E-state index < -0.39 is 6.10 Å². The van der Waals surface area contributed by atoms with Crippen LogP contribution in [0.15, 0.2) is 22.8 Å². The summed E-state index contributed by atoms with van der Waals surface area (Å²) in [7, 11) is 0. The molecule has 1 aliphatic carbocycles. The SMILES string of the molecule is O=C(NC[C@H](O)C1CCCCC1)c1ccco1. The summed E-state index contributed by atoms with van der Waals surface area (Å²) in [6.45, 7) is 0.310. The summed E-state index contributed by atoms with van der Waals surface area (Å²) < 4.78 is 4.98. The Morgan fingerprint density at radius 2 is 2.24 bits per heavy atom. The molecule has 0 radical (unpaired) electrons. The molecule has 1 amide bonds. The van der Waals surface area contributed by atoms with E-state index in [0.29, 0.717) is 18.2 Å². The van der Waals surface area contributed by atoms with Crippen LogP contribution in [0.2, 0.25) is 0 Å². The summed E-state index contributed by atoms with van der Waals surface area (Å²) in [5, 5.41) is 12.7. The van der Waals surface area contributed by atoms with Crippen molar-refractivity contribution in [2.24, 2.45) is 5.92 Å². The molecule has 4 heteroatoms. The quantitative estimate of drug-likeness (QED) is 0.841. The lowest BCUT2D eigenvalue weighted by molar-refractivity contribution is 0.0724. The number of hydrogen-bond donors (Lipinski definition) is 2. The molecule has 1 fully saturated rings. The Kier molecular flexibility index (Phi) is 4.20. The Morgan fingerprint density at radius 1 is 1.47 bits per heavy atom. The third kappa shape index (κ3) is 3.33.